The van der Waals surface area contributed by atoms with Gasteiger partial charge >= 0.3 is 5.69 Å². The molecule has 0 atom stereocenters. The van der Waals surface area contributed by atoms with Gasteiger partial charge in [-0.15, -0.1) is 0 Å². The Bertz CT molecular complexity index is 1430. The van der Waals surface area contributed by atoms with Crippen LogP contribution in [0.15, 0.2) is 41.2 Å². The van der Waals surface area contributed by atoms with Gasteiger partial charge in [0.25, 0.3) is 5.24 Å². The summed E-state index contributed by atoms with van der Waals surface area (Å²) < 4.78 is 10.3. The van der Waals surface area contributed by atoms with Crippen LogP contribution in [-0.4, -0.2) is 29.6 Å². The zero-order valence-electron chi connectivity index (χ0n) is 19.0. The standard InChI is InChI=1S/C23H23ClN6O3/c1-13-7-6-8-18(30-23(32)29(5)26-27-30)17(13)12-33-19-10-9-16(11-14(19)2)20-15(3)21(22(24)31)28(4)25-20/h6-11H,12H2,1-5H3/p+1. The second kappa shape index (κ2) is 8.67. The second-order valence-corrected chi connectivity index (χ2v) is 8.25. The van der Waals surface area contributed by atoms with Gasteiger partial charge in [0.2, 0.25) is 0 Å². The van der Waals surface area contributed by atoms with Crippen LogP contribution in [0.25, 0.3) is 16.9 Å². The summed E-state index contributed by atoms with van der Waals surface area (Å²) in [4.78, 5) is 24.1. The van der Waals surface area contributed by atoms with Crippen molar-refractivity contribution < 1.29 is 14.7 Å². The van der Waals surface area contributed by atoms with Crippen LogP contribution >= 0.6 is 11.6 Å². The van der Waals surface area contributed by atoms with Gasteiger partial charge < -0.3 is 4.74 Å². The molecule has 4 rings (SSSR count). The number of benzene rings is 2. The summed E-state index contributed by atoms with van der Waals surface area (Å²) in [5, 5.41) is 10.6. The van der Waals surface area contributed by atoms with Crippen LogP contribution in [-0.2, 0) is 20.7 Å². The first-order chi connectivity index (χ1) is 15.7. The number of carbonyl (C=O) groups is 1. The number of hydrogen-bond donors (Lipinski definition) is 0. The number of nitrogens with one attached hydrogen (secondary N) is 1. The normalized spacial score (nSPS) is 11.1. The van der Waals surface area contributed by atoms with Gasteiger partial charge in [0.1, 0.15) is 36.0 Å². The molecule has 0 aliphatic carbocycles. The molecule has 0 radical (unpaired) electrons. The van der Waals surface area contributed by atoms with E-state index in [2.05, 4.69) is 15.5 Å². The Balaban J connectivity index is 1.63. The average Bonchev–Trinajstić information content (AvgIpc) is 3.25. The van der Waals surface area contributed by atoms with Crippen LogP contribution in [0.1, 0.15) is 32.7 Å². The fraction of sp³-hybridized carbons (Fsp3) is 0.261. The van der Waals surface area contributed by atoms with Gasteiger partial charge in [0.05, 0.1) is 5.69 Å². The van der Waals surface area contributed by atoms with Crippen molar-refractivity contribution in [3.05, 3.63) is 74.8 Å². The maximum absolute atomic E-state index is 12.4. The fourth-order valence-corrected chi connectivity index (χ4v) is 4.13. The predicted octanol–water partition coefficient (Wildman–Crippen LogP) is 2.67. The molecule has 0 saturated heterocycles. The number of tetrazole rings is 1. The molecule has 2 aromatic heterocycles. The van der Waals surface area contributed by atoms with Crippen LogP contribution in [0.4, 0.5) is 0 Å². The third-order valence-corrected chi connectivity index (χ3v) is 5.86. The molecule has 0 bridgehead atoms. The van der Waals surface area contributed by atoms with E-state index in [1.54, 1.807) is 14.1 Å². The average molecular weight is 468 g/mol. The van der Waals surface area contributed by atoms with E-state index in [9.17, 15) is 9.59 Å². The molecule has 0 aliphatic heterocycles. The first-order valence-corrected chi connectivity index (χ1v) is 10.7. The second-order valence-electron chi connectivity index (χ2n) is 7.90. The Morgan fingerprint density at radius 3 is 2.45 bits per heavy atom. The van der Waals surface area contributed by atoms with Gasteiger partial charge in [0.15, 0.2) is 0 Å². The first-order valence-electron chi connectivity index (χ1n) is 10.3. The summed E-state index contributed by atoms with van der Waals surface area (Å²) in [5.74, 6) is 0.706. The van der Waals surface area contributed by atoms with E-state index in [0.717, 1.165) is 27.8 Å². The maximum atomic E-state index is 12.4. The maximum Gasteiger partial charge on any atom is 0.473 e. The minimum Gasteiger partial charge on any atom is -0.489 e. The van der Waals surface area contributed by atoms with Gasteiger partial charge in [-0.1, -0.05) is 26.7 Å². The monoisotopic (exact) mass is 467 g/mol. The van der Waals surface area contributed by atoms with E-state index < -0.39 is 5.24 Å². The van der Waals surface area contributed by atoms with E-state index in [1.165, 1.54) is 14.0 Å². The number of nitrogens with zero attached hydrogens (tertiary/aromatic N) is 5. The predicted molar refractivity (Wildman–Crippen MR) is 123 cm³/mol. The van der Waals surface area contributed by atoms with Crippen LogP contribution in [0.2, 0.25) is 0 Å². The number of hydrogen-bond acceptors (Lipinski definition) is 5. The molecule has 1 N–H and O–H groups in total. The van der Waals surface area contributed by atoms with Crippen LogP contribution < -0.4 is 15.6 Å². The van der Waals surface area contributed by atoms with Crippen molar-refractivity contribution in [2.75, 3.05) is 0 Å². The Labute approximate surface area is 195 Å². The quantitative estimate of drug-likeness (QED) is 0.406. The number of carbonyl (C=O) groups excluding carboxylic acids is 1. The highest BCUT2D eigenvalue weighted by molar-refractivity contribution is 6.67. The number of aryl methyl sites for hydroxylation is 4. The lowest BCUT2D eigenvalue weighted by atomic mass is 10.0. The van der Waals surface area contributed by atoms with Crippen molar-refractivity contribution in [1.29, 1.82) is 0 Å². The van der Waals surface area contributed by atoms with Crippen molar-refractivity contribution >= 4 is 16.8 Å². The molecule has 2 aromatic carbocycles. The molecule has 2 heterocycles. The highest BCUT2D eigenvalue weighted by Gasteiger charge is 2.20. The minimum atomic E-state index is -0.538. The molecular formula is C23H24ClN6O3+. The number of rotatable bonds is 6. The number of halogens is 1. The molecule has 0 unspecified atom stereocenters. The lowest BCUT2D eigenvalue weighted by molar-refractivity contribution is -0.546. The molecule has 0 spiro atoms. The summed E-state index contributed by atoms with van der Waals surface area (Å²) >= 11 is 5.70. The third kappa shape index (κ3) is 4.07. The van der Waals surface area contributed by atoms with Crippen molar-refractivity contribution in [3.63, 3.8) is 0 Å². The van der Waals surface area contributed by atoms with Crippen molar-refractivity contribution in [1.82, 2.24) is 24.4 Å². The van der Waals surface area contributed by atoms with E-state index >= 15 is 0 Å². The first kappa shape index (κ1) is 22.5. The van der Waals surface area contributed by atoms with Gasteiger partial charge in [-0.3, -0.25) is 9.48 Å². The number of aromatic amines is 1. The summed E-state index contributed by atoms with van der Waals surface area (Å²) in [6.45, 7) is 6.02. The van der Waals surface area contributed by atoms with Gasteiger partial charge in [-0.25, -0.2) is 4.79 Å². The van der Waals surface area contributed by atoms with E-state index in [-0.39, 0.29) is 12.3 Å². The number of H-pyrrole nitrogens is 1. The molecule has 4 aromatic rings. The topological polar surface area (TPSA) is 98.1 Å². The molecule has 0 saturated carbocycles. The van der Waals surface area contributed by atoms with E-state index in [4.69, 9.17) is 16.3 Å². The SMILES string of the molecule is Cc1cc(-c2nn(C)c(C(=O)Cl)c2C)ccc1OCc1c(C)cccc1-n1[nH+]nn(C)c1=O. The zero-order chi connectivity index (χ0) is 23.9. The molecule has 33 heavy (non-hydrogen) atoms. The van der Waals surface area contributed by atoms with E-state index in [0.29, 0.717) is 22.8 Å². The molecular weight excluding hydrogens is 444 g/mol. The van der Waals surface area contributed by atoms with Crippen molar-refractivity contribution in [3.8, 4) is 22.7 Å². The Hall–Kier alpha value is -3.72. The van der Waals surface area contributed by atoms with Crippen molar-refractivity contribution in [2.45, 2.75) is 27.4 Å². The number of ether oxygens (including phenoxy) is 1. The van der Waals surface area contributed by atoms with Crippen LogP contribution in [0.5, 0.6) is 5.75 Å². The smallest absolute Gasteiger partial charge is 0.473 e. The third-order valence-electron chi connectivity index (χ3n) is 5.68. The molecule has 0 fully saturated rings. The molecule has 170 valence electrons. The Morgan fingerprint density at radius 1 is 1.09 bits per heavy atom. The van der Waals surface area contributed by atoms with Crippen LogP contribution in [0.3, 0.4) is 0 Å². The summed E-state index contributed by atoms with van der Waals surface area (Å²) in [6.07, 6.45) is 0. The molecule has 0 amide bonds. The van der Waals surface area contributed by atoms with Crippen LogP contribution in [0, 0.1) is 20.8 Å². The Kier molecular flexibility index (Phi) is 5.90. The van der Waals surface area contributed by atoms with Crippen molar-refractivity contribution in [2.24, 2.45) is 14.1 Å². The van der Waals surface area contributed by atoms with Gasteiger partial charge in [0, 0.05) is 23.7 Å². The lowest BCUT2D eigenvalue weighted by Crippen LogP contribution is -2.29. The van der Waals surface area contributed by atoms with Gasteiger partial charge in [-0.2, -0.15) is 5.10 Å². The summed E-state index contributed by atoms with van der Waals surface area (Å²) in [6, 6.07) is 11.4. The van der Waals surface area contributed by atoms with E-state index in [1.807, 2.05) is 57.2 Å². The Morgan fingerprint density at radius 2 is 1.85 bits per heavy atom. The highest BCUT2D eigenvalue weighted by atomic mass is 35.5. The largest absolute Gasteiger partial charge is 0.489 e. The number of aromatic nitrogens is 6. The minimum absolute atomic E-state index is 0.269. The summed E-state index contributed by atoms with van der Waals surface area (Å²) in [5.41, 5.74) is 5.86. The zero-order valence-corrected chi connectivity index (χ0v) is 19.8. The fourth-order valence-electron chi connectivity index (χ4n) is 3.87. The molecule has 10 heteroatoms. The highest BCUT2D eigenvalue weighted by Crippen LogP contribution is 2.30. The molecule has 9 nitrogen and oxygen atoms in total. The summed E-state index contributed by atoms with van der Waals surface area (Å²) in [7, 11) is 3.28. The molecule has 0 aliphatic rings. The van der Waals surface area contributed by atoms with Gasteiger partial charge in [-0.05, 0) is 67.8 Å². The lowest BCUT2D eigenvalue weighted by Gasteiger charge is -2.14.